The van der Waals surface area contributed by atoms with Crippen LogP contribution < -0.4 is 10.0 Å². The summed E-state index contributed by atoms with van der Waals surface area (Å²) in [4.78, 5) is 20.7. The number of hydrogen-bond acceptors (Lipinski definition) is 6. The van der Waals surface area contributed by atoms with Crippen LogP contribution in [0.3, 0.4) is 0 Å². The van der Waals surface area contributed by atoms with Crippen LogP contribution in [-0.2, 0) is 6.18 Å². The van der Waals surface area contributed by atoms with E-state index in [-0.39, 0.29) is 15.6 Å². The molecule has 0 atom stereocenters. The summed E-state index contributed by atoms with van der Waals surface area (Å²) in [5, 5.41) is 11.4. The molecule has 136 valence electrons. The number of rotatable bonds is 3. The number of amidine groups is 1. The number of pyridine rings is 1. The van der Waals surface area contributed by atoms with Crippen molar-refractivity contribution in [1.29, 1.82) is 0 Å². The van der Waals surface area contributed by atoms with E-state index in [9.17, 15) is 23.1 Å². The lowest BCUT2D eigenvalue weighted by molar-refractivity contribution is -0.255. The molecule has 5 nitrogen and oxygen atoms in total. The van der Waals surface area contributed by atoms with Crippen LogP contribution in [-0.4, -0.2) is 29.2 Å². The largest absolute Gasteiger partial charge is 0.545 e. The van der Waals surface area contributed by atoms with Crippen molar-refractivity contribution in [1.82, 2.24) is 4.98 Å². The van der Waals surface area contributed by atoms with Gasteiger partial charge in [0.1, 0.15) is 5.03 Å². The molecule has 0 amide bonds. The van der Waals surface area contributed by atoms with Crippen LogP contribution in [0.4, 0.5) is 18.9 Å². The van der Waals surface area contributed by atoms with Gasteiger partial charge in [-0.2, -0.15) is 13.2 Å². The molecular formula is C16H10ClF3N3O2S-. The number of carboxylic acids is 1. The third-order valence-corrected chi connectivity index (χ3v) is 4.99. The standard InChI is InChI=1S/C16H11ClF3N3O2S/c17-12-7-10(16(18,19)20)8-22-13(12)26-15-21-5-6-23(15)11-3-1-9(2-4-11)14(24)25/h1-4,7-8H,5-6H2,(H,24,25)/p-1. The van der Waals surface area contributed by atoms with Gasteiger partial charge in [0.2, 0.25) is 0 Å². The van der Waals surface area contributed by atoms with E-state index in [4.69, 9.17) is 11.6 Å². The third kappa shape index (κ3) is 3.94. The minimum absolute atomic E-state index is 0.0477. The van der Waals surface area contributed by atoms with E-state index in [1.807, 2.05) is 0 Å². The zero-order chi connectivity index (χ0) is 18.9. The Labute approximate surface area is 155 Å². The molecule has 10 heteroatoms. The maximum atomic E-state index is 12.7. The van der Waals surface area contributed by atoms with Crippen LogP contribution in [0.2, 0.25) is 5.02 Å². The summed E-state index contributed by atoms with van der Waals surface area (Å²) in [7, 11) is 0. The van der Waals surface area contributed by atoms with E-state index in [0.29, 0.717) is 23.9 Å². The molecule has 2 aromatic rings. The van der Waals surface area contributed by atoms with Gasteiger partial charge in [0.05, 0.1) is 23.1 Å². The van der Waals surface area contributed by atoms with Gasteiger partial charge in [0.15, 0.2) is 5.17 Å². The highest BCUT2D eigenvalue weighted by molar-refractivity contribution is 8.14. The second kappa shape index (κ2) is 7.16. The lowest BCUT2D eigenvalue weighted by Crippen LogP contribution is -2.26. The second-order valence-corrected chi connectivity index (χ2v) is 6.62. The fourth-order valence-corrected chi connectivity index (χ4v) is 3.45. The molecule has 0 fully saturated rings. The molecule has 1 aliphatic heterocycles. The Balaban J connectivity index is 1.80. The lowest BCUT2D eigenvalue weighted by atomic mass is 10.2. The number of benzene rings is 1. The molecule has 1 aromatic carbocycles. The summed E-state index contributed by atoms with van der Waals surface area (Å²) in [6.45, 7) is 1.04. The highest BCUT2D eigenvalue weighted by atomic mass is 35.5. The van der Waals surface area contributed by atoms with Gasteiger partial charge in [0, 0.05) is 18.4 Å². The second-order valence-electron chi connectivity index (χ2n) is 5.26. The van der Waals surface area contributed by atoms with Gasteiger partial charge in [0.25, 0.3) is 0 Å². The summed E-state index contributed by atoms with van der Waals surface area (Å²) in [5.41, 5.74) is -0.178. The van der Waals surface area contributed by atoms with Crippen molar-refractivity contribution in [3.63, 3.8) is 0 Å². The molecule has 0 saturated carbocycles. The van der Waals surface area contributed by atoms with E-state index < -0.39 is 17.7 Å². The summed E-state index contributed by atoms with van der Waals surface area (Å²) in [5.74, 6) is -1.28. The number of alkyl halides is 3. The molecule has 0 saturated heterocycles. The normalized spacial score (nSPS) is 14.5. The van der Waals surface area contributed by atoms with Crippen molar-refractivity contribution in [3.8, 4) is 0 Å². The molecule has 26 heavy (non-hydrogen) atoms. The number of carbonyl (C=O) groups excluding carboxylic acids is 1. The Morgan fingerprint density at radius 2 is 1.96 bits per heavy atom. The number of aliphatic imine (C=N–C) groups is 1. The van der Waals surface area contributed by atoms with Crippen LogP contribution >= 0.6 is 23.4 Å². The third-order valence-electron chi connectivity index (χ3n) is 3.54. The van der Waals surface area contributed by atoms with Gasteiger partial charge in [-0.1, -0.05) is 23.7 Å². The monoisotopic (exact) mass is 400 g/mol. The van der Waals surface area contributed by atoms with E-state index >= 15 is 0 Å². The molecular weight excluding hydrogens is 391 g/mol. The first-order valence-corrected chi connectivity index (χ1v) is 8.49. The van der Waals surface area contributed by atoms with Crippen LogP contribution in [0.1, 0.15) is 15.9 Å². The number of aromatic carboxylic acids is 1. The predicted octanol–water partition coefficient (Wildman–Crippen LogP) is 3.09. The Bertz CT molecular complexity index is 872. The van der Waals surface area contributed by atoms with E-state index in [0.717, 1.165) is 24.0 Å². The quantitative estimate of drug-likeness (QED) is 0.792. The Morgan fingerprint density at radius 3 is 2.54 bits per heavy atom. The highest BCUT2D eigenvalue weighted by Crippen LogP contribution is 2.35. The smallest absolute Gasteiger partial charge is 0.417 e. The first-order valence-electron chi connectivity index (χ1n) is 7.29. The number of anilines is 1. The number of thioether (sulfide) groups is 1. The van der Waals surface area contributed by atoms with Crippen LogP contribution in [0.5, 0.6) is 0 Å². The van der Waals surface area contributed by atoms with Gasteiger partial charge in [-0.3, -0.25) is 4.99 Å². The number of hydrogen-bond donors (Lipinski definition) is 0. The van der Waals surface area contributed by atoms with E-state index in [2.05, 4.69) is 9.98 Å². The zero-order valence-electron chi connectivity index (χ0n) is 13.0. The minimum atomic E-state index is -4.52. The topological polar surface area (TPSA) is 68.6 Å². The first-order chi connectivity index (χ1) is 12.3. The molecule has 0 aliphatic carbocycles. The molecule has 1 aliphatic rings. The maximum absolute atomic E-state index is 12.7. The van der Waals surface area contributed by atoms with Crippen molar-refractivity contribution in [2.45, 2.75) is 11.2 Å². The average molecular weight is 401 g/mol. The highest BCUT2D eigenvalue weighted by Gasteiger charge is 2.32. The van der Waals surface area contributed by atoms with Crippen molar-refractivity contribution in [2.24, 2.45) is 4.99 Å². The lowest BCUT2D eigenvalue weighted by Gasteiger charge is -2.20. The Hall–Kier alpha value is -2.26. The average Bonchev–Trinajstić information content (AvgIpc) is 3.04. The molecule has 1 aromatic heterocycles. The van der Waals surface area contributed by atoms with Gasteiger partial charge < -0.3 is 14.8 Å². The fourth-order valence-electron chi connectivity index (χ4n) is 2.27. The molecule has 3 rings (SSSR count). The molecule has 0 N–H and O–H groups in total. The molecule has 2 heterocycles. The Morgan fingerprint density at radius 1 is 1.27 bits per heavy atom. The van der Waals surface area contributed by atoms with Gasteiger partial charge in [-0.15, -0.1) is 0 Å². The van der Waals surface area contributed by atoms with Gasteiger partial charge >= 0.3 is 6.18 Å². The summed E-state index contributed by atoms with van der Waals surface area (Å²) in [6, 6.07) is 6.86. The first kappa shape index (κ1) is 18.5. The number of nitrogens with zero attached hydrogens (tertiary/aromatic N) is 3. The number of halogens is 4. The van der Waals surface area contributed by atoms with Crippen LogP contribution in [0.15, 0.2) is 46.5 Å². The summed E-state index contributed by atoms with van der Waals surface area (Å²) < 4.78 is 38.1. The van der Waals surface area contributed by atoms with Crippen molar-refractivity contribution < 1.29 is 23.1 Å². The SMILES string of the molecule is O=C([O-])c1ccc(N2CCN=C2Sc2ncc(C(F)(F)F)cc2Cl)cc1. The molecule has 0 radical (unpaired) electrons. The summed E-state index contributed by atoms with van der Waals surface area (Å²) in [6.07, 6.45) is -3.79. The van der Waals surface area contributed by atoms with Crippen molar-refractivity contribution in [2.75, 3.05) is 18.0 Å². The zero-order valence-corrected chi connectivity index (χ0v) is 14.5. The predicted molar refractivity (Wildman–Crippen MR) is 90.5 cm³/mol. The number of carbonyl (C=O) groups is 1. The van der Waals surface area contributed by atoms with Gasteiger partial charge in [-0.25, -0.2) is 4.98 Å². The summed E-state index contributed by atoms with van der Waals surface area (Å²) >= 11 is 6.98. The number of carboxylic acid groups (broad SMARTS) is 1. The van der Waals surface area contributed by atoms with E-state index in [1.54, 1.807) is 17.0 Å². The van der Waals surface area contributed by atoms with E-state index in [1.165, 1.54) is 12.1 Å². The van der Waals surface area contributed by atoms with Crippen LogP contribution in [0.25, 0.3) is 0 Å². The fraction of sp³-hybridized carbons (Fsp3) is 0.188. The molecule has 0 bridgehead atoms. The van der Waals surface area contributed by atoms with Gasteiger partial charge in [-0.05, 0) is 35.5 Å². The molecule has 0 unspecified atom stereocenters. The minimum Gasteiger partial charge on any atom is -0.545 e. The Kier molecular flexibility index (Phi) is 5.10. The van der Waals surface area contributed by atoms with Crippen molar-refractivity contribution >= 4 is 40.2 Å². The maximum Gasteiger partial charge on any atom is 0.417 e. The van der Waals surface area contributed by atoms with Crippen LogP contribution in [0, 0.1) is 0 Å². The van der Waals surface area contributed by atoms with Crippen molar-refractivity contribution in [3.05, 3.63) is 52.7 Å². The number of aromatic nitrogens is 1. The molecule has 0 spiro atoms.